The molecule has 140 valence electrons. The maximum Gasteiger partial charge on any atom is 0.341 e. The van der Waals surface area contributed by atoms with Gasteiger partial charge in [-0.3, -0.25) is 4.68 Å². The van der Waals surface area contributed by atoms with Crippen LogP contribution in [-0.2, 0) is 24.1 Å². The van der Waals surface area contributed by atoms with Crippen molar-refractivity contribution in [3.8, 4) is 0 Å². The molecule has 0 saturated heterocycles. The Balaban J connectivity index is 1.66. The first-order valence-electron chi connectivity index (χ1n) is 8.43. The topological polar surface area (TPSA) is 68.2 Å². The summed E-state index contributed by atoms with van der Waals surface area (Å²) in [5.41, 5.74) is 1.74. The number of carbonyl (C=O) groups excluding carboxylic acids is 1. The molecule has 0 radical (unpaired) electrons. The molecule has 9 heteroatoms. The fraction of sp³-hybridized carbons (Fsp3) is 0.471. The van der Waals surface area contributed by atoms with Gasteiger partial charge in [0.05, 0.1) is 30.4 Å². The van der Waals surface area contributed by atoms with Gasteiger partial charge in [-0.15, -0.1) is 11.3 Å². The molecule has 1 atom stereocenters. The molecule has 2 heterocycles. The number of carbonyl (C=O) groups is 1. The Morgan fingerprint density at radius 3 is 3.08 bits per heavy atom. The van der Waals surface area contributed by atoms with Gasteiger partial charge in [-0.25, -0.2) is 4.79 Å². The van der Waals surface area contributed by atoms with Crippen LogP contribution in [0.2, 0.25) is 5.02 Å². The monoisotopic (exact) mass is 412 g/mol. The lowest BCUT2D eigenvalue weighted by Crippen LogP contribution is -2.31. The molecular formula is C17H21ClN4O2S2. The van der Waals surface area contributed by atoms with E-state index in [4.69, 9.17) is 28.6 Å². The zero-order valence-corrected chi connectivity index (χ0v) is 17.1. The van der Waals surface area contributed by atoms with Crippen molar-refractivity contribution in [1.82, 2.24) is 15.1 Å². The van der Waals surface area contributed by atoms with Gasteiger partial charge in [0, 0.05) is 17.6 Å². The van der Waals surface area contributed by atoms with E-state index in [0.29, 0.717) is 34.7 Å². The number of rotatable bonds is 5. The van der Waals surface area contributed by atoms with Crippen LogP contribution in [-0.4, -0.2) is 34.5 Å². The van der Waals surface area contributed by atoms with E-state index in [1.165, 1.54) is 12.0 Å². The molecule has 0 aromatic carbocycles. The van der Waals surface area contributed by atoms with Gasteiger partial charge >= 0.3 is 5.97 Å². The molecule has 3 rings (SSSR count). The summed E-state index contributed by atoms with van der Waals surface area (Å²) < 4.78 is 6.73. The van der Waals surface area contributed by atoms with Crippen molar-refractivity contribution in [2.45, 2.75) is 32.7 Å². The quantitative estimate of drug-likeness (QED) is 0.578. The van der Waals surface area contributed by atoms with Crippen molar-refractivity contribution in [3.05, 3.63) is 33.4 Å². The van der Waals surface area contributed by atoms with Gasteiger partial charge in [-0.2, -0.15) is 5.10 Å². The molecule has 1 aliphatic rings. The lowest BCUT2D eigenvalue weighted by atomic mass is 9.88. The van der Waals surface area contributed by atoms with Gasteiger partial charge in [0.25, 0.3) is 0 Å². The lowest BCUT2D eigenvalue weighted by Gasteiger charge is -2.18. The second kappa shape index (κ2) is 8.37. The predicted octanol–water partition coefficient (Wildman–Crippen LogP) is 3.50. The average molecular weight is 413 g/mol. The van der Waals surface area contributed by atoms with Crippen LogP contribution in [0, 0.1) is 5.92 Å². The highest BCUT2D eigenvalue weighted by Crippen LogP contribution is 2.39. The molecule has 0 spiro atoms. The number of thiocarbonyl (C=S) groups is 1. The van der Waals surface area contributed by atoms with E-state index in [2.05, 4.69) is 22.7 Å². The normalized spacial score (nSPS) is 16.0. The summed E-state index contributed by atoms with van der Waals surface area (Å²) in [5, 5.41) is 12.3. The number of hydrogen-bond acceptors (Lipinski definition) is 5. The summed E-state index contributed by atoms with van der Waals surface area (Å²) in [6, 6.07) is 0. The van der Waals surface area contributed by atoms with Crippen molar-refractivity contribution in [2.75, 3.05) is 19.0 Å². The van der Waals surface area contributed by atoms with E-state index >= 15 is 0 Å². The fourth-order valence-corrected chi connectivity index (χ4v) is 4.88. The first-order chi connectivity index (χ1) is 12.5. The largest absolute Gasteiger partial charge is 0.465 e. The maximum atomic E-state index is 12.3. The molecule has 1 unspecified atom stereocenters. The van der Waals surface area contributed by atoms with Crippen LogP contribution < -0.4 is 10.6 Å². The van der Waals surface area contributed by atoms with Crippen molar-refractivity contribution in [2.24, 2.45) is 5.92 Å². The standard InChI is InChI=1S/C17H21ClN4O2S2/c1-10-3-4-12-13(7-10)26-15(14(12)16(23)24-2)21-17(25)19-5-6-22-9-11(18)8-20-22/h8-10H,3-7H2,1-2H3,(H2,19,21,25). The molecule has 6 nitrogen and oxygen atoms in total. The number of nitrogens with one attached hydrogen (secondary N) is 2. The van der Waals surface area contributed by atoms with Gasteiger partial charge in [0.1, 0.15) is 5.00 Å². The van der Waals surface area contributed by atoms with Crippen LogP contribution in [0.5, 0.6) is 0 Å². The van der Waals surface area contributed by atoms with Crippen LogP contribution in [0.15, 0.2) is 12.4 Å². The summed E-state index contributed by atoms with van der Waals surface area (Å²) in [7, 11) is 1.41. The van der Waals surface area contributed by atoms with E-state index in [1.807, 2.05) is 0 Å². The zero-order chi connectivity index (χ0) is 18.7. The Morgan fingerprint density at radius 1 is 1.58 bits per heavy atom. The number of methoxy groups -OCH3 is 1. The summed E-state index contributed by atoms with van der Waals surface area (Å²) in [5.74, 6) is 0.319. The third kappa shape index (κ3) is 4.36. The molecule has 0 saturated carbocycles. The number of nitrogens with zero attached hydrogens (tertiary/aromatic N) is 2. The molecule has 0 aliphatic heterocycles. The van der Waals surface area contributed by atoms with E-state index in [1.54, 1.807) is 28.4 Å². The first kappa shape index (κ1) is 19.1. The van der Waals surface area contributed by atoms with Crippen molar-refractivity contribution in [3.63, 3.8) is 0 Å². The van der Waals surface area contributed by atoms with E-state index < -0.39 is 0 Å². The highest BCUT2D eigenvalue weighted by molar-refractivity contribution is 7.80. The van der Waals surface area contributed by atoms with Gasteiger partial charge in [-0.05, 0) is 43.0 Å². The summed E-state index contributed by atoms with van der Waals surface area (Å²) in [4.78, 5) is 13.5. The molecule has 0 bridgehead atoms. The highest BCUT2D eigenvalue weighted by Gasteiger charge is 2.28. The minimum atomic E-state index is -0.312. The molecular weight excluding hydrogens is 392 g/mol. The number of thiophene rings is 1. The number of anilines is 1. The Labute approximate surface area is 166 Å². The van der Waals surface area contributed by atoms with Gasteiger partial charge < -0.3 is 15.4 Å². The number of esters is 1. The summed E-state index contributed by atoms with van der Waals surface area (Å²) >= 11 is 12.8. The van der Waals surface area contributed by atoms with Crippen molar-refractivity contribution in [1.29, 1.82) is 0 Å². The van der Waals surface area contributed by atoms with Crippen molar-refractivity contribution < 1.29 is 9.53 Å². The minimum absolute atomic E-state index is 0.312. The molecule has 0 amide bonds. The molecule has 2 aromatic heterocycles. The second-order valence-electron chi connectivity index (χ2n) is 6.35. The number of hydrogen-bond donors (Lipinski definition) is 2. The van der Waals surface area contributed by atoms with E-state index in [-0.39, 0.29) is 5.97 Å². The van der Waals surface area contributed by atoms with Crippen LogP contribution in [0.25, 0.3) is 0 Å². The lowest BCUT2D eigenvalue weighted by molar-refractivity contribution is 0.0601. The molecule has 26 heavy (non-hydrogen) atoms. The third-order valence-corrected chi connectivity index (χ3v) is 5.97. The molecule has 1 aliphatic carbocycles. The third-order valence-electron chi connectivity index (χ3n) is 4.36. The van der Waals surface area contributed by atoms with Crippen LogP contribution in [0.4, 0.5) is 5.00 Å². The molecule has 2 N–H and O–H groups in total. The first-order valence-corrected chi connectivity index (χ1v) is 10.0. The van der Waals surface area contributed by atoms with Crippen molar-refractivity contribution >= 4 is 51.2 Å². The fourth-order valence-electron chi connectivity index (χ4n) is 3.05. The molecule has 0 fully saturated rings. The Kier molecular flexibility index (Phi) is 6.16. The number of ether oxygens (including phenoxy) is 1. The Hall–Kier alpha value is -1.64. The number of aromatic nitrogens is 2. The average Bonchev–Trinajstić information content (AvgIpc) is 3.16. The summed E-state index contributed by atoms with van der Waals surface area (Å²) in [6.45, 7) is 3.47. The smallest absolute Gasteiger partial charge is 0.341 e. The maximum absolute atomic E-state index is 12.3. The van der Waals surface area contributed by atoms with Gasteiger partial charge in [0.15, 0.2) is 5.11 Å². The van der Waals surface area contributed by atoms with Crippen LogP contribution in [0.3, 0.4) is 0 Å². The van der Waals surface area contributed by atoms with E-state index in [0.717, 1.165) is 29.8 Å². The summed E-state index contributed by atoms with van der Waals surface area (Å²) in [6.07, 6.45) is 6.33. The number of fused-ring (bicyclic) bond motifs is 1. The van der Waals surface area contributed by atoms with Gasteiger partial charge in [-0.1, -0.05) is 18.5 Å². The van der Waals surface area contributed by atoms with E-state index in [9.17, 15) is 4.79 Å². The highest BCUT2D eigenvalue weighted by atomic mass is 35.5. The van der Waals surface area contributed by atoms with Crippen LogP contribution >= 0.6 is 35.2 Å². The SMILES string of the molecule is COC(=O)c1c(NC(=S)NCCn2cc(Cl)cn2)sc2c1CCC(C)C2. The van der Waals surface area contributed by atoms with Gasteiger partial charge in [0.2, 0.25) is 0 Å². The van der Waals surface area contributed by atoms with Crippen LogP contribution in [0.1, 0.15) is 34.1 Å². The minimum Gasteiger partial charge on any atom is -0.465 e. The number of halogens is 1. The molecule has 2 aromatic rings. The Morgan fingerprint density at radius 2 is 2.38 bits per heavy atom. The predicted molar refractivity (Wildman–Crippen MR) is 108 cm³/mol. The Bertz CT molecular complexity index is 818. The zero-order valence-electron chi connectivity index (χ0n) is 14.7. The second-order valence-corrected chi connectivity index (χ2v) is 8.30.